The summed E-state index contributed by atoms with van der Waals surface area (Å²) in [6.07, 6.45) is 9.34. The molecule has 5 nitrogen and oxygen atoms in total. The van der Waals surface area contributed by atoms with Gasteiger partial charge in [-0.15, -0.1) is 6.07 Å². The number of nitrogens with zero attached hydrogens (tertiary/aromatic N) is 3. The molecule has 2 aliphatic carbocycles. The van der Waals surface area contributed by atoms with Crippen LogP contribution in [-0.2, 0) is 33.9 Å². The maximum atomic E-state index is 6.78. The Hall–Kier alpha value is -5.25. The fourth-order valence-corrected chi connectivity index (χ4v) is 9.55. The molecule has 0 spiro atoms. The predicted molar refractivity (Wildman–Crippen MR) is 217 cm³/mol. The molecule has 6 heteroatoms. The SMILES string of the molecule is CC1(C)CCC(C2Cc3ccnc(-c4[c-]c(Oc5ccc6c7ccccc7n(-c7[c-]cccc7)c6n5)cc5c4oc4ccc6ccccc6c45)c3C2)CC1.[Pt+2]. The zero-order chi connectivity index (χ0) is 36.0. The van der Waals surface area contributed by atoms with Crippen molar-refractivity contribution < 1.29 is 30.2 Å². The molecule has 11 rings (SSSR count). The van der Waals surface area contributed by atoms with E-state index in [0.717, 1.165) is 85.0 Å². The number of para-hydroxylation sites is 2. The van der Waals surface area contributed by atoms with Crippen LogP contribution in [0.3, 0.4) is 0 Å². The van der Waals surface area contributed by atoms with Gasteiger partial charge in [0.2, 0.25) is 5.88 Å². The van der Waals surface area contributed by atoms with E-state index < -0.39 is 0 Å². The predicted octanol–water partition coefficient (Wildman–Crippen LogP) is 12.6. The van der Waals surface area contributed by atoms with Crippen LogP contribution in [0.2, 0.25) is 0 Å². The largest absolute Gasteiger partial charge is 2.00 e. The van der Waals surface area contributed by atoms with Crippen LogP contribution in [0.15, 0.2) is 120 Å². The molecule has 5 aromatic carbocycles. The van der Waals surface area contributed by atoms with Crippen LogP contribution in [0, 0.1) is 29.4 Å². The van der Waals surface area contributed by atoms with Crippen LogP contribution < -0.4 is 4.74 Å². The van der Waals surface area contributed by atoms with Crippen molar-refractivity contribution in [3.05, 3.63) is 139 Å². The van der Waals surface area contributed by atoms with E-state index in [0.29, 0.717) is 23.0 Å². The van der Waals surface area contributed by atoms with Crippen LogP contribution in [-0.4, -0.2) is 14.5 Å². The topological polar surface area (TPSA) is 53.1 Å². The minimum atomic E-state index is 0. The number of aromatic nitrogens is 3. The normalized spacial score (nSPS) is 16.9. The summed E-state index contributed by atoms with van der Waals surface area (Å²) < 4.78 is 15.7. The van der Waals surface area contributed by atoms with Gasteiger partial charge in [0.1, 0.15) is 11.2 Å². The standard InChI is InChI=1S/C49H39N3O2.Pt/c1-49(2)23-20-30(21-24-49)33-26-32-22-25-50-46(39(32)27-33)41-29-35(28-40-45-36-13-7-6-10-31(36)16-18-43(45)54-47(40)41)53-44-19-17-38-37-14-8-9-15-42(37)52(48(38)51-44)34-11-4-3-5-12-34;/h3-11,13-19,22,25,28,30,33H,20-21,23-24,26-27H2,1-2H3;/q-2;+2. The van der Waals surface area contributed by atoms with Crippen LogP contribution in [0.5, 0.6) is 11.6 Å². The molecule has 1 unspecified atom stereocenters. The molecular formula is C49H39N3O2Pt. The fraction of sp³-hybridized carbons (Fsp3) is 0.224. The number of rotatable bonds is 5. The van der Waals surface area contributed by atoms with Gasteiger partial charge >= 0.3 is 21.1 Å². The number of pyridine rings is 2. The molecule has 9 aromatic rings. The third-order valence-electron chi connectivity index (χ3n) is 12.4. The summed E-state index contributed by atoms with van der Waals surface area (Å²) >= 11 is 0. The smallest absolute Gasteiger partial charge is 0.501 e. The number of ether oxygens (including phenoxy) is 1. The van der Waals surface area contributed by atoms with E-state index >= 15 is 0 Å². The van der Waals surface area contributed by atoms with Gasteiger partial charge in [-0.1, -0.05) is 102 Å². The first kappa shape index (κ1) is 34.3. The van der Waals surface area contributed by atoms with Gasteiger partial charge in [-0.2, -0.15) is 29.2 Å². The number of furan rings is 1. The Balaban J connectivity index is 0.00000372. The summed E-state index contributed by atoms with van der Waals surface area (Å²) in [6, 6.07) is 44.6. The van der Waals surface area contributed by atoms with Gasteiger partial charge in [0.15, 0.2) is 0 Å². The van der Waals surface area contributed by atoms with E-state index in [4.69, 9.17) is 19.1 Å². The van der Waals surface area contributed by atoms with Crippen LogP contribution in [0.4, 0.5) is 0 Å². The molecule has 272 valence electrons. The number of hydrogen-bond donors (Lipinski definition) is 0. The summed E-state index contributed by atoms with van der Waals surface area (Å²) in [5.41, 5.74) is 9.44. The molecule has 2 aliphatic rings. The second kappa shape index (κ2) is 13.2. The summed E-state index contributed by atoms with van der Waals surface area (Å²) in [4.78, 5) is 10.3. The van der Waals surface area contributed by atoms with E-state index in [-0.39, 0.29) is 21.1 Å². The Labute approximate surface area is 334 Å². The van der Waals surface area contributed by atoms with E-state index in [1.54, 1.807) is 0 Å². The molecule has 1 fully saturated rings. The van der Waals surface area contributed by atoms with Gasteiger partial charge < -0.3 is 18.7 Å². The van der Waals surface area contributed by atoms with Crippen molar-refractivity contribution in [1.82, 2.24) is 14.5 Å². The van der Waals surface area contributed by atoms with Crippen molar-refractivity contribution in [2.45, 2.75) is 52.4 Å². The summed E-state index contributed by atoms with van der Waals surface area (Å²) in [7, 11) is 0. The Bertz CT molecular complexity index is 2920. The van der Waals surface area contributed by atoms with Gasteiger partial charge in [0.05, 0.1) is 11.1 Å². The average molecular weight is 897 g/mol. The van der Waals surface area contributed by atoms with Gasteiger partial charge in [0.25, 0.3) is 0 Å². The van der Waals surface area contributed by atoms with Gasteiger partial charge in [-0.25, -0.2) is 0 Å². The minimum absolute atomic E-state index is 0. The Morgan fingerprint density at radius 3 is 2.47 bits per heavy atom. The maximum Gasteiger partial charge on any atom is 2.00 e. The number of hydrogen-bond acceptors (Lipinski definition) is 4. The van der Waals surface area contributed by atoms with Crippen molar-refractivity contribution in [3.63, 3.8) is 0 Å². The van der Waals surface area contributed by atoms with Crippen LogP contribution in [0.25, 0.3) is 71.6 Å². The molecule has 55 heavy (non-hydrogen) atoms. The Morgan fingerprint density at radius 1 is 0.800 bits per heavy atom. The zero-order valence-corrected chi connectivity index (χ0v) is 33.1. The van der Waals surface area contributed by atoms with Gasteiger partial charge in [-0.3, -0.25) is 0 Å². The molecule has 0 radical (unpaired) electrons. The van der Waals surface area contributed by atoms with E-state index in [1.165, 1.54) is 42.2 Å². The second-order valence-corrected chi connectivity index (χ2v) is 16.2. The third-order valence-corrected chi connectivity index (χ3v) is 12.4. The molecule has 0 amide bonds. The molecule has 0 bridgehead atoms. The zero-order valence-electron chi connectivity index (χ0n) is 30.8. The van der Waals surface area contributed by atoms with Gasteiger partial charge in [0, 0.05) is 34.2 Å². The monoisotopic (exact) mass is 896 g/mol. The van der Waals surface area contributed by atoms with Crippen molar-refractivity contribution in [1.29, 1.82) is 0 Å². The fourth-order valence-electron chi connectivity index (χ4n) is 9.55. The molecule has 4 aromatic heterocycles. The van der Waals surface area contributed by atoms with Gasteiger partial charge in [-0.05, 0) is 96.5 Å². The van der Waals surface area contributed by atoms with Crippen molar-refractivity contribution >= 4 is 54.6 Å². The van der Waals surface area contributed by atoms with E-state index in [2.05, 4.69) is 115 Å². The quantitative estimate of drug-likeness (QED) is 0.162. The molecule has 1 atom stereocenters. The van der Waals surface area contributed by atoms with E-state index in [9.17, 15) is 0 Å². The second-order valence-electron chi connectivity index (χ2n) is 16.2. The van der Waals surface area contributed by atoms with E-state index in [1.807, 2.05) is 30.5 Å². The summed E-state index contributed by atoms with van der Waals surface area (Å²) in [5, 5.41) is 6.56. The summed E-state index contributed by atoms with van der Waals surface area (Å²) in [5.74, 6) is 2.46. The number of benzene rings is 5. The molecule has 0 aliphatic heterocycles. The molecule has 1 saturated carbocycles. The summed E-state index contributed by atoms with van der Waals surface area (Å²) in [6.45, 7) is 4.85. The Kier molecular flexibility index (Phi) is 8.22. The first-order chi connectivity index (χ1) is 26.5. The Morgan fingerprint density at radius 2 is 1.62 bits per heavy atom. The first-order valence-corrected chi connectivity index (χ1v) is 19.3. The third kappa shape index (κ3) is 5.70. The maximum absolute atomic E-state index is 6.78. The van der Waals surface area contributed by atoms with Crippen molar-refractivity contribution in [2.24, 2.45) is 17.3 Å². The molecule has 4 heterocycles. The molecule has 0 N–H and O–H groups in total. The average Bonchev–Trinajstić information content (AvgIpc) is 3.90. The van der Waals surface area contributed by atoms with Crippen LogP contribution in [0.1, 0.15) is 50.7 Å². The van der Waals surface area contributed by atoms with Crippen molar-refractivity contribution in [3.8, 4) is 28.6 Å². The minimum Gasteiger partial charge on any atom is -0.501 e. The molecule has 0 saturated heterocycles. The van der Waals surface area contributed by atoms with Crippen molar-refractivity contribution in [2.75, 3.05) is 0 Å². The number of fused-ring (bicyclic) bond motifs is 9. The molecular weight excluding hydrogens is 858 g/mol. The first-order valence-electron chi connectivity index (χ1n) is 19.3. The van der Waals surface area contributed by atoms with Crippen LogP contribution >= 0.6 is 0 Å².